The molecule has 0 aromatic heterocycles. The molecule has 0 heterocycles. The third-order valence-electron chi connectivity index (χ3n) is 3.06. The van der Waals surface area contributed by atoms with E-state index in [1.807, 2.05) is 0 Å². The monoisotopic (exact) mass is 243 g/mol. The number of amides is 1. The van der Waals surface area contributed by atoms with Gasteiger partial charge < -0.3 is 15.5 Å². The van der Waals surface area contributed by atoms with E-state index in [4.69, 9.17) is 5.11 Å². The quantitative estimate of drug-likeness (QED) is 0.661. The van der Waals surface area contributed by atoms with Gasteiger partial charge in [0.1, 0.15) is 5.54 Å². The molecule has 1 fully saturated rings. The summed E-state index contributed by atoms with van der Waals surface area (Å²) in [6.45, 7) is 0. The summed E-state index contributed by atoms with van der Waals surface area (Å²) in [5.74, 6) is -2.59. The number of nitrogens with one attached hydrogen (secondary N) is 1. The lowest BCUT2D eigenvalue weighted by Gasteiger charge is -2.33. The Morgan fingerprint density at radius 1 is 1.00 bits per heavy atom. The molecule has 1 aliphatic carbocycles. The molecule has 1 amide bonds. The van der Waals surface area contributed by atoms with Crippen LogP contribution in [0.2, 0.25) is 0 Å². The van der Waals surface area contributed by atoms with Crippen LogP contribution >= 0.6 is 0 Å². The van der Waals surface area contributed by atoms with Gasteiger partial charge in [-0.05, 0) is 12.8 Å². The van der Waals surface area contributed by atoms with Crippen LogP contribution in [0.25, 0.3) is 0 Å². The molecule has 0 atom stereocenters. The number of aliphatic carboxylic acids is 2. The number of carbonyl (C=O) groups is 3. The van der Waals surface area contributed by atoms with E-state index in [0.29, 0.717) is 12.8 Å². The molecular formula is C11H17NO5. The Bertz CT molecular complexity index is 320. The molecule has 0 aromatic carbocycles. The Balaban J connectivity index is 2.57. The van der Waals surface area contributed by atoms with E-state index in [1.165, 1.54) is 0 Å². The molecule has 1 saturated carbocycles. The Kier molecular flexibility index (Phi) is 4.48. The fourth-order valence-corrected chi connectivity index (χ4v) is 2.10. The molecule has 1 aliphatic rings. The molecule has 0 aromatic rings. The van der Waals surface area contributed by atoms with Gasteiger partial charge in [0.05, 0.1) is 6.42 Å². The minimum Gasteiger partial charge on any atom is -0.481 e. The maximum Gasteiger partial charge on any atom is 0.329 e. The number of carbonyl (C=O) groups excluding carboxylic acids is 1. The van der Waals surface area contributed by atoms with Crippen LogP contribution < -0.4 is 5.32 Å². The molecule has 96 valence electrons. The average molecular weight is 243 g/mol. The van der Waals surface area contributed by atoms with Gasteiger partial charge >= 0.3 is 11.9 Å². The molecule has 6 heteroatoms. The zero-order chi connectivity index (χ0) is 12.9. The summed E-state index contributed by atoms with van der Waals surface area (Å²) in [6, 6.07) is 0. The van der Waals surface area contributed by atoms with Crippen LogP contribution in [-0.2, 0) is 14.4 Å². The van der Waals surface area contributed by atoms with E-state index in [2.05, 4.69) is 5.32 Å². The summed E-state index contributed by atoms with van der Waals surface area (Å²) < 4.78 is 0. The van der Waals surface area contributed by atoms with E-state index in [-0.39, 0.29) is 12.8 Å². The fourth-order valence-electron chi connectivity index (χ4n) is 2.10. The van der Waals surface area contributed by atoms with Gasteiger partial charge in [-0.15, -0.1) is 0 Å². The summed E-state index contributed by atoms with van der Waals surface area (Å²) in [5.41, 5.74) is -1.19. The Morgan fingerprint density at radius 3 is 2.06 bits per heavy atom. The predicted molar refractivity (Wildman–Crippen MR) is 58.5 cm³/mol. The highest BCUT2D eigenvalue weighted by molar-refractivity contribution is 5.88. The van der Waals surface area contributed by atoms with Crippen molar-refractivity contribution in [1.82, 2.24) is 5.32 Å². The van der Waals surface area contributed by atoms with Gasteiger partial charge in [-0.2, -0.15) is 0 Å². The topological polar surface area (TPSA) is 104 Å². The minimum absolute atomic E-state index is 0.176. The lowest BCUT2D eigenvalue weighted by molar-refractivity contribution is -0.149. The number of hydrogen-bond acceptors (Lipinski definition) is 3. The number of carboxylic acid groups (broad SMARTS) is 2. The molecule has 0 aliphatic heterocycles. The van der Waals surface area contributed by atoms with Gasteiger partial charge in [0.2, 0.25) is 5.91 Å². The highest BCUT2D eigenvalue weighted by atomic mass is 16.4. The number of hydrogen-bond donors (Lipinski definition) is 3. The van der Waals surface area contributed by atoms with Crippen LogP contribution in [0.5, 0.6) is 0 Å². The van der Waals surface area contributed by atoms with Crippen molar-refractivity contribution in [3.63, 3.8) is 0 Å². The zero-order valence-electron chi connectivity index (χ0n) is 9.57. The molecule has 0 radical (unpaired) electrons. The van der Waals surface area contributed by atoms with Crippen molar-refractivity contribution in [3.05, 3.63) is 0 Å². The van der Waals surface area contributed by atoms with E-state index in [9.17, 15) is 19.5 Å². The second kappa shape index (κ2) is 5.65. The SMILES string of the molecule is O=C(O)CCC(=O)NC1(C(=O)O)CCCCC1. The van der Waals surface area contributed by atoms with Gasteiger partial charge in [-0.25, -0.2) is 4.79 Å². The smallest absolute Gasteiger partial charge is 0.329 e. The van der Waals surface area contributed by atoms with Gasteiger partial charge in [-0.1, -0.05) is 19.3 Å². The molecule has 0 spiro atoms. The number of rotatable bonds is 5. The van der Waals surface area contributed by atoms with Crippen molar-refractivity contribution in [1.29, 1.82) is 0 Å². The lowest BCUT2D eigenvalue weighted by Crippen LogP contribution is -2.55. The van der Waals surface area contributed by atoms with Crippen molar-refractivity contribution >= 4 is 17.8 Å². The highest BCUT2D eigenvalue weighted by Gasteiger charge is 2.40. The lowest BCUT2D eigenvalue weighted by atomic mass is 9.81. The van der Waals surface area contributed by atoms with Crippen LogP contribution in [0.3, 0.4) is 0 Å². The third-order valence-corrected chi connectivity index (χ3v) is 3.06. The van der Waals surface area contributed by atoms with Crippen LogP contribution in [0, 0.1) is 0 Å². The van der Waals surface area contributed by atoms with Crippen LogP contribution in [0.4, 0.5) is 0 Å². The molecule has 1 rings (SSSR count). The van der Waals surface area contributed by atoms with Crippen molar-refractivity contribution in [2.45, 2.75) is 50.5 Å². The molecular weight excluding hydrogens is 226 g/mol. The standard InChI is InChI=1S/C11H17NO5/c13-8(4-5-9(14)15)12-11(10(16)17)6-2-1-3-7-11/h1-7H2,(H,12,13)(H,14,15)(H,16,17). The summed E-state index contributed by atoms with van der Waals surface area (Å²) in [6.07, 6.45) is 2.89. The Hall–Kier alpha value is -1.59. The maximum absolute atomic E-state index is 11.5. The van der Waals surface area contributed by atoms with E-state index >= 15 is 0 Å². The summed E-state index contributed by atoms with van der Waals surface area (Å²) >= 11 is 0. The van der Waals surface area contributed by atoms with E-state index in [0.717, 1.165) is 19.3 Å². The molecule has 0 bridgehead atoms. The van der Waals surface area contributed by atoms with Crippen molar-refractivity contribution in [2.24, 2.45) is 0 Å². The van der Waals surface area contributed by atoms with Gasteiger partial charge in [0.15, 0.2) is 0 Å². The van der Waals surface area contributed by atoms with Crippen molar-refractivity contribution in [3.8, 4) is 0 Å². The number of carboxylic acids is 2. The predicted octanol–water partition coefficient (Wildman–Crippen LogP) is 0.755. The van der Waals surface area contributed by atoms with Gasteiger partial charge in [0.25, 0.3) is 0 Å². The second-order valence-corrected chi connectivity index (χ2v) is 4.39. The van der Waals surface area contributed by atoms with Gasteiger partial charge in [0, 0.05) is 6.42 Å². The molecule has 0 unspecified atom stereocenters. The van der Waals surface area contributed by atoms with Gasteiger partial charge in [-0.3, -0.25) is 9.59 Å². The first-order valence-corrected chi connectivity index (χ1v) is 5.72. The fraction of sp³-hybridized carbons (Fsp3) is 0.727. The second-order valence-electron chi connectivity index (χ2n) is 4.39. The normalized spacial score (nSPS) is 18.4. The molecule has 3 N–H and O–H groups in total. The summed E-state index contributed by atoms with van der Waals surface area (Å²) in [5, 5.41) is 20.1. The maximum atomic E-state index is 11.5. The zero-order valence-corrected chi connectivity index (χ0v) is 9.57. The Labute approximate surface area is 99.0 Å². The molecule has 17 heavy (non-hydrogen) atoms. The van der Waals surface area contributed by atoms with Crippen LogP contribution in [0.15, 0.2) is 0 Å². The van der Waals surface area contributed by atoms with Crippen LogP contribution in [-0.4, -0.2) is 33.6 Å². The third kappa shape index (κ3) is 3.72. The van der Waals surface area contributed by atoms with Crippen molar-refractivity contribution in [2.75, 3.05) is 0 Å². The van der Waals surface area contributed by atoms with E-state index in [1.54, 1.807) is 0 Å². The molecule has 6 nitrogen and oxygen atoms in total. The summed E-state index contributed by atoms with van der Waals surface area (Å²) in [7, 11) is 0. The highest BCUT2D eigenvalue weighted by Crippen LogP contribution is 2.28. The first-order chi connectivity index (χ1) is 7.96. The minimum atomic E-state index is -1.19. The van der Waals surface area contributed by atoms with Crippen LogP contribution in [0.1, 0.15) is 44.9 Å². The molecule has 0 saturated heterocycles. The first-order valence-electron chi connectivity index (χ1n) is 5.72. The Morgan fingerprint density at radius 2 is 1.59 bits per heavy atom. The van der Waals surface area contributed by atoms with Crippen molar-refractivity contribution < 1.29 is 24.6 Å². The largest absolute Gasteiger partial charge is 0.481 e. The summed E-state index contributed by atoms with van der Waals surface area (Å²) in [4.78, 5) is 33.0. The average Bonchev–Trinajstić information content (AvgIpc) is 2.27. The van der Waals surface area contributed by atoms with E-state index < -0.39 is 23.4 Å². The first kappa shape index (κ1) is 13.5.